The van der Waals surface area contributed by atoms with Crippen molar-refractivity contribution in [1.82, 2.24) is 9.80 Å². The minimum atomic E-state index is -3.21. The van der Waals surface area contributed by atoms with Gasteiger partial charge in [0.2, 0.25) is 0 Å². The molecule has 0 spiro atoms. The van der Waals surface area contributed by atoms with Gasteiger partial charge >= 0.3 is 0 Å². The number of ether oxygens (including phenoxy) is 1. The largest absolute Gasteiger partial charge is 0.492 e. The van der Waals surface area contributed by atoms with Crippen LogP contribution in [0.15, 0.2) is 59.5 Å². The van der Waals surface area contributed by atoms with Gasteiger partial charge in [-0.05, 0) is 36.4 Å². The standard InChI is InChI=1S/C20H25ClN2O3S/c21-18-6-8-19(9-7-18)26-16-14-22-10-12-23(13-11-22)15-17-27(24,25)20-4-2-1-3-5-20/h1-9H,10-17H2. The molecular weight excluding hydrogens is 384 g/mol. The fraction of sp³-hybridized carbons (Fsp3) is 0.400. The SMILES string of the molecule is O=S(=O)(CCN1CCN(CCOc2ccc(Cl)cc2)CC1)c1ccccc1. The zero-order chi connectivity index (χ0) is 19.1. The van der Waals surface area contributed by atoms with Gasteiger partial charge in [0.05, 0.1) is 10.6 Å². The number of rotatable bonds is 8. The molecule has 27 heavy (non-hydrogen) atoms. The molecule has 0 saturated carbocycles. The van der Waals surface area contributed by atoms with Crippen LogP contribution in [0.1, 0.15) is 0 Å². The molecule has 0 radical (unpaired) electrons. The average Bonchev–Trinajstić information content (AvgIpc) is 2.70. The lowest BCUT2D eigenvalue weighted by Crippen LogP contribution is -2.48. The summed E-state index contributed by atoms with van der Waals surface area (Å²) in [6.45, 7) is 5.68. The van der Waals surface area contributed by atoms with E-state index in [2.05, 4.69) is 9.80 Å². The van der Waals surface area contributed by atoms with Gasteiger partial charge in [0, 0.05) is 44.3 Å². The van der Waals surface area contributed by atoms with Gasteiger partial charge in [-0.25, -0.2) is 8.42 Å². The normalized spacial score (nSPS) is 16.3. The molecule has 0 atom stereocenters. The Morgan fingerprint density at radius 3 is 2.07 bits per heavy atom. The van der Waals surface area contributed by atoms with Crippen molar-refractivity contribution in [2.45, 2.75) is 4.90 Å². The number of sulfone groups is 1. The number of benzene rings is 2. The first-order chi connectivity index (χ1) is 13.0. The van der Waals surface area contributed by atoms with Crippen LogP contribution in [0.25, 0.3) is 0 Å². The summed E-state index contributed by atoms with van der Waals surface area (Å²) in [5, 5.41) is 0.702. The molecular formula is C20H25ClN2O3S. The second kappa shape index (κ2) is 9.55. The molecule has 146 valence electrons. The summed E-state index contributed by atoms with van der Waals surface area (Å²) in [4.78, 5) is 4.97. The maximum Gasteiger partial charge on any atom is 0.179 e. The number of hydrogen-bond acceptors (Lipinski definition) is 5. The van der Waals surface area contributed by atoms with Gasteiger partial charge in [0.25, 0.3) is 0 Å². The van der Waals surface area contributed by atoms with Gasteiger partial charge in [-0.3, -0.25) is 9.80 Å². The summed E-state index contributed by atoms with van der Waals surface area (Å²) in [5.74, 6) is 0.987. The first kappa shape index (κ1) is 20.1. The number of halogens is 1. The van der Waals surface area contributed by atoms with Crippen molar-refractivity contribution in [3.63, 3.8) is 0 Å². The van der Waals surface area contributed by atoms with Crippen molar-refractivity contribution in [2.75, 3.05) is 51.6 Å². The molecule has 1 fully saturated rings. The third-order valence-electron chi connectivity index (χ3n) is 4.73. The van der Waals surface area contributed by atoms with E-state index in [0.717, 1.165) is 38.5 Å². The predicted molar refractivity (Wildman–Crippen MR) is 108 cm³/mol. The van der Waals surface area contributed by atoms with E-state index in [-0.39, 0.29) is 5.75 Å². The van der Waals surface area contributed by atoms with Crippen LogP contribution in [-0.2, 0) is 9.84 Å². The predicted octanol–water partition coefficient (Wildman–Crippen LogP) is 2.81. The average molecular weight is 409 g/mol. The second-order valence-corrected chi connectivity index (χ2v) is 9.16. The van der Waals surface area contributed by atoms with Crippen LogP contribution in [0.5, 0.6) is 5.75 Å². The summed E-state index contributed by atoms with van der Waals surface area (Å²) in [7, 11) is -3.21. The Labute approximate surface area is 166 Å². The molecule has 0 bridgehead atoms. The lowest BCUT2D eigenvalue weighted by atomic mass is 10.3. The highest BCUT2D eigenvalue weighted by atomic mass is 35.5. The van der Waals surface area contributed by atoms with E-state index in [9.17, 15) is 8.42 Å². The molecule has 1 aliphatic heterocycles. The molecule has 2 aromatic rings. The van der Waals surface area contributed by atoms with Gasteiger partial charge in [-0.2, -0.15) is 0 Å². The van der Waals surface area contributed by atoms with Gasteiger partial charge < -0.3 is 4.74 Å². The Kier molecular flexibility index (Phi) is 7.13. The summed E-state index contributed by atoms with van der Waals surface area (Å²) in [5.41, 5.74) is 0. The van der Waals surface area contributed by atoms with Crippen LogP contribution in [0.2, 0.25) is 5.02 Å². The number of hydrogen-bond donors (Lipinski definition) is 0. The third-order valence-corrected chi connectivity index (χ3v) is 6.70. The minimum Gasteiger partial charge on any atom is -0.492 e. The fourth-order valence-electron chi connectivity index (χ4n) is 3.05. The highest BCUT2D eigenvalue weighted by molar-refractivity contribution is 7.91. The van der Waals surface area contributed by atoms with Crippen LogP contribution in [0.4, 0.5) is 0 Å². The Balaban J connectivity index is 1.36. The van der Waals surface area contributed by atoms with Crippen LogP contribution >= 0.6 is 11.6 Å². The molecule has 7 heteroatoms. The van der Waals surface area contributed by atoms with Crippen LogP contribution in [0, 0.1) is 0 Å². The Bertz CT molecular complexity index is 805. The van der Waals surface area contributed by atoms with Gasteiger partial charge in [-0.1, -0.05) is 29.8 Å². The van der Waals surface area contributed by atoms with Gasteiger partial charge in [0.1, 0.15) is 12.4 Å². The molecule has 3 rings (SSSR count). The van der Waals surface area contributed by atoms with Crippen molar-refractivity contribution < 1.29 is 13.2 Å². The number of piperazine rings is 1. The molecule has 1 aliphatic rings. The Hall–Kier alpha value is -1.60. The molecule has 0 aromatic heterocycles. The summed E-state index contributed by atoms with van der Waals surface area (Å²) in [6, 6.07) is 16.0. The second-order valence-electron chi connectivity index (χ2n) is 6.62. The van der Waals surface area contributed by atoms with E-state index in [1.165, 1.54) is 0 Å². The van der Waals surface area contributed by atoms with Crippen LogP contribution < -0.4 is 4.74 Å². The van der Waals surface area contributed by atoms with Gasteiger partial charge in [-0.15, -0.1) is 0 Å². The lowest BCUT2D eigenvalue weighted by molar-refractivity contribution is 0.121. The summed E-state index contributed by atoms with van der Waals surface area (Å²) >= 11 is 5.86. The van der Waals surface area contributed by atoms with Crippen molar-refractivity contribution >= 4 is 21.4 Å². The highest BCUT2D eigenvalue weighted by Crippen LogP contribution is 2.15. The van der Waals surface area contributed by atoms with E-state index in [1.807, 2.05) is 30.3 Å². The molecule has 0 unspecified atom stereocenters. The molecule has 2 aromatic carbocycles. The maximum absolute atomic E-state index is 12.4. The summed E-state index contributed by atoms with van der Waals surface area (Å²) in [6.07, 6.45) is 0. The van der Waals surface area contributed by atoms with Gasteiger partial charge in [0.15, 0.2) is 9.84 Å². The van der Waals surface area contributed by atoms with E-state index in [0.29, 0.717) is 23.1 Å². The van der Waals surface area contributed by atoms with E-state index in [4.69, 9.17) is 16.3 Å². The first-order valence-electron chi connectivity index (χ1n) is 9.14. The zero-order valence-corrected chi connectivity index (χ0v) is 16.8. The molecule has 0 aliphatic carbocycles. The molecule has 1 saturated heterocycles. The molecule has 0 N–H and O–H groups in total. The van der Waals surface area contributed by atoms with Crippen LogP contribution in [0.3, 0.4) is 0 Å². The zero-order valence-electron chi connectivity index (χ0n) is 15.3. The smallest absolute Gasteiger partial charge is 0.179 e. The molecule has 0 amide bonds. The van der Waals surface area contributed by atoms with Crippen molar-refractivity contribution in [2.24, 2.45) is 0 Å². The monoisotopic (exact) mass is 408 g/mol. The van der Waals surface area contributed by atoms with Crippen LogP contribution in [-0.4, -0.2) is 69.8 Å². The quantitative estimate of drug-likeness (QED) is 0.672. The van der Waals surface area contributed by atoms with E-state index < -0.39 is 9.84 Å². The van der Waals surface area contributed by atoms with Crippen molar-refractivity contribution in [3.8, 4) is 5.75 Å². The maximum atomic E-state index is 12.4. The van der Waals surface area contributed by atoms with E-state index >= 15 is 0 Å². The Morgan fingerprint density at radius 1 is 0.852 bits per heavy atom. The highest BCUT2D eigenvalue weighted by Gasteiger charge is 2.20. The third kappa shape index (κ3) is 6.21. The lowest BCUT2D eigenvalue weighted by Gasteiger charge is -2.34. The molecule has 1 heterocycles. The Morgan fingerprint density at radius 2 is 1.44 bits per heavy atom. The van der Waals surface area contributed by atoms with Crippen molar-refractivity contribution in [1.29, 1.82) is 0 Å². The number of nitrogens with zero attached hydrogens (tertiary/aromatic N) is 2. The minimum absolute atomic E-state index is 0.163. The van der Waals surface area contributed by atoms with E-state index in [1.54, 1.807) is 24.3 Å². The topological polar surface area (TPSA) is 49.9 Å². The van der Waals surface area contributed by atoms with Crippen molar-refractivity contribution in [3.05, 3.63) is 59.6 Å². The first-order valence-corrected chi connectivity index (χ1v) is 11.2. The fourth-order valence-corrected chi connectivity index (χ4v) is 4.49. The molecule has 5 nitrogen and oxygen atoms in total. The summed E-state index contributed by atoms with van der Waals surface area (Å²) < 4.78 is 30.5.